The van der Waals surface area contributed by atoms with Crippen LogP contribution in [0.15, 0.2) is 30.3 Å². The Balaban J connectivity index is 1.70. The fourth-order valence-electron chi connectivity index (χ4n) is 4.81. The lowest BCUT2D eigenvalue weighted by atomic mass is 9.84. The number of rotatable bonds is 11. The summed E-state index contributed by atoms with van der Waals surface area (Å²) in [5.74, 6) is -1.50. The van der Waals surface area contributed by atoms with Gasteiger partial charge in [-0.15, -0.1) is 0 Å². The van der Waals surface area contributed by atoms with Crippen LogP contribution in [0.25, 0.3) is 0 Å². The third-order valence-corrected chi connectivity index (χ3v) is 7.73. The van der Waals surface area contributed by atoms with Crippen LogP contribution in [0.1, 0.15) is 56.9 Å². The number of carbonyl (C=O) groups excluding carboxylic acids is 3. The average Bonchev–Trinajstić information content (AvgIpc) is 3.26. The van der Waals surface area contributed by atoms with Gasteiger partial charge >= 0.3 is 6.09 Å². The molecule has 12 heteroatoms. The van der Waals surface area contributed by atoms with Gasteiger partial charge in [0.25, 0.3) is 10.1 Å². The highest BCUT2D eigenvalue weighted by Gasteiger charge is 2.38. The summed E-state index contributed by atoms with van der Waals surface area (Å²) in [5.41, 5.74) is -1.55. The number of carbonyl (C=O) groups is 3. The molecule has 0 radical (unpaired) electrons. The zero-order valence-electron chi connectivity index (χ0n) is 20.1. The van der Waals surface area contributed by atoms with Gasteiger partial charge in [-0.2, -0.15) is 8.42 Å². The van der Waals surface area contributed by atoms with E-state index in [2.05, 4.69) is 16.0 Å². The molecule has 200 valence electrons. The first-order valence-electron chi connectivity index (χ1n) is 12.3. The monoisotopic (exact) mass is 525 g/mol. The Morgan fingerprint density at radius 3 is 2.36 bits per heavy atom. The van der Waals surface area contributed by atoms with Crippen molar-refractivity contribution in [3.8, 4) is 0 Å². The van der Waals surface area contributed by atoms with Crippen molar-refractivity contribution in [2.24, 2.45) is 11.8 Å². The molecule has 1 saturated carbocycles. The molecule has 3 unspecified atom stereocenters. The van der Waals surface area contributed by atoms with E-state index < -0.39 is 45.6 Å². The second-order valence-corrected chi connectivity index (χ2v) is 11.0. The molecule has 2 aliphatic rings. The molecule has 1 aromatic rings. The molecule has 4 atom stereocenters. The molecule has 1 saturated heterocycles. The third-order valence-electron chi connectivity index (χ3n) is 6.79. The van der Waals surface area contributed by atoms with Crippen LogP contribution in [-0.4, -0.2) is 60.0 Å². The first kappa shape index (κ1) is 27.9. The standard InChI is InChI=1S/C24H35N3O8S/c28-21-18(11-12-25-21)14-20(23(30)36(32,33)34)26-22(29)19(13-16-7-3-1-4-8-16)27-24(31)35-15-17-9-5-2-6-10-17/h2,5-6,9-10,16,18-20,23,30H,1,3-4,7-8,11-15H2,(H,25,28)(H,26,29)(H,27,31)(H,32,33,34)/t18?,19?,20-,23?/m0/s1. The molecule has 2 fully saturated rings. The summed E-state index contributed by atoms with van der Waals surface area (Å²) in [6.45, 7) is 0.399. The van der Waals surface area contributed by atoms with E-state index in [1.807, 2.05) is 6.07 Å². The van der Waals surface area contributed by atoms with Gasteiger partial charge in [0, 0.05) is 12.5 Å². The fraction of sp³-hybridized carbons (Fsp3) is 0.625. The SMILES string of the molecule is O=C(NC(CC1CCCCC1)C(=O)N[C@@H](CC1CCNC1=O)C(O)S(=O)(=O)O)OCc1ccccc1. The number of ether oxygens (including phenoxy) is 1. The lowest BCUT2D eigenvalue weighted by Crippen LogP contribution is -2.55. The van der Waals surface area contributed by atoms with Crippen molar-refractivity contribution < 1.29 is 37.2 Å². The Hall–Kier alpha value is -2.70. The Bertz CT molecular complexity index is 998. The predicted octanol–water partition coefficient (Wildman–Crippen LogP) is 1.47. The largest absolute Gasteiger partial charge is 0.445 e. The molecular formula is C24H35N3O8S. The maximum atomic E-state index is 13.3. The van der Waals surface area contributed by atoms with Gasteiger partial charge in [0.1, 0.15) is 12.6 Å². The summed E-state index contributed by atoms with van der Waals surface area (Å²) in [5, 5.41) is 17.9. The van der Waals surface area contributed by atoms with Gasteiger partial charge in [0.05, 0.1) is 6.04 Å². The normalized spacial score (nSPS) is 21.2. The highest BCUT2D eigenvalue weighted by Crippen LogP contribution is 2.28. The van der Waals surface area contributed by atoms with Gasteiger partial charge in [0.15, 0.2) is 0 Å². The first-order valence-corrected chi connectivity index (χ1v) is 13.8. The smallest absolute Gasteiger partial charge is 0.408 e. The number of aliphatic hydroxyl groups excluding tert-OH is 1. The van der Waals surface area contributed by atoms with Crippen LogP contribution in [0.5, 0.6) is 0 Å². The Morgan fingerprint density at radius 1 is 1.06 bits per heavy atom. The molecule has 11 nitrogen and oxygen atoms in total. The van der Waals surface area contributed by atoms with E-state index in [1.165, 1.54) is 0 Å². The van der Waals surface area contributed by atoms with Crippen molar-refractivity contribution in [3.63, 3.8) is 0 Å². The summed E-state index contributed by atoms with van der Waals surface area (Å²) in [6.07, 6.45) is 4.63. The van der Waals surface area contributed by atoms with Crippen LogP contribution >= 0.6 is 0 Å². The second kappa shape index (κ2) is 13.0. The van der Waals surface area contributed by atoms with Crippen LogP contribution < -0.4 is 16.0 Å². The maximum Gasteiger partial charge on any atom is 0.408 e. The second-order valence-electron chi connectivity index (χ2n) is 9.53. The van der Waals surface area contributed by atoms with Crippen LogP contribution in [0.2, 0.25) is 0 Å². The van der Waals surface area contributed by atoms with E-state index in [0.717, 1.165) is 37.7 Å². The molecule has 3 rings (SSSR count). The summed E-state index contributed by atoms with van der Waals surface area (Å²) < 4.78 is 38.0. The van der Waals surface area contributed by atoms with E-state index in [4.69, 9.17) is 4.74 Å². The molecular weight excluding hydrogens is 490 g/mol. The van der Waals surface area contributed by atoms with E-state index in [1.54, 1.807) is 24.3 Å². The number of amides is 3. The first-order chi connectivity index (χ1) is 17.1. The lowest BCUT2D eigenvalue weighted by molar-refractivity contribution is -0.126. The maximum absolute atomic E-state index is 13.3. The van der Waals surface area contributed by atoms with Crippen LogP contribution in [0.4, 0.5) is 4.79 Å². The number of aliphatic hydroxyl groups is 1. The van der Waals surface area contributed by atoms with Gasteiger partial charge < -0.3 is 25.8 Å². The molecule has 0 aromatic heterocycles. The van der Waals surface area contributed by atoms with E-state index in [9.17, 15) is 32.5 Å². The van der Waals surface area contributed by atoms with Gasteiger partial charge in [-0.3, -0.25) is 14.1 Å². The van der Waals surface area contributed by atoms with Gasteiger partial charge in [-0.05, 0) is 30.7 Å². The molecule has 0 bridgehead atoms. The molecule has 1 aromatic carbocycles. The molecule has 5 N–H and O–H groups in total. The van der Waals surface area contributed by atoms with Crippen molar-refractivity contribution in [1.82, 2.24) is 16.0 Å². The van der Waals surface area contributed by atoms with Crippen molar-refractivity contribution >= 4 is 28.0 Å². The summed E-state index contributed by atoms with van der Waals surface area (Å²) in [4.78, 5) is 37.8. The van der Waals surface area contributed by atoms with Crippen LogP contribution in [0, 0.1) is 11.8 Å². The van der Waals surface area contributed by atoms with Crippen LogP contribution in [-0.2, 0) is 31.1 Å². The van der Waals surface area contributed by atoms with Crippen LogP contribution in [0.3, 0.4) is 0 Å². The topological polar surface area (TPSA) is 171 Å². The zero-order chi connectivity index (χ0) is 26.1. The quantitative estimate of drug-likeness (QED) is 0.270. The number of nitrogens with one attached hydrogen (secondary N) is 3. The number of hydrogen-bond acceptors (Lipinski definition) is 7. The van der Waals surface area contributed by atoms with E-state index in [0.29, 0.717) is 19.4 Å². The van der Waals surface area contributed by atoms with Gasteiger partial charge in [-0.1, -0.05) is 62.4 Å². The minimum atomic E-state index is -4.92. The van der Waals surface area contributed by atoms with Gasteiger partial charge in [0.2, 0.25) is 17.3 Å². The summed E-state index contributed by atoms with van der Waals surface area (Å²) in [6, 6.07) is 6.53. The van der Waals surface area contributed by atoms with E-state index >= 15 is 0 Å². The highest BCUT2D eigenvalue weighted by atomic mass is 32.2. The van der Waals surface area contributed by atoms with Crippen molar-refractivity contribution in [1.29, 1.82) is 0 Å². The Morgan fingerprint density at radius 2 is 1.75 bits per heavy atom. The predicted molar refractivity (Wildman–Crippen MR) is 130 cm³/mol. The fourth-order valence-corrected chi connectivity index (χ4v) is 5.40. The Labute approximate surface area is 211 Å². The molecule has 0 spiro atoms. The lowest BCUT2D eigenvalue weighted by Gasteiger charge is -2.29. The molecule has 36 heavy (non-hydrogen) atoms. The summed E-state index contributed by atoms with van der Waals surface area (Å²) >= 11 is 0. The Kier molecular flexibility index (Phi) is 10.1. The zero-order valence-corrected chi connectivity index (χ0v) is 20.9. The molecule has 1 aliphatic heterocycles. The number of benzene rings is 1. The van der Waals surface area contributed by atoms with Crippen molar-refractivity contribution in [2.75, 3.05) is 6.54 Å². The van der Waals surface area contributed by atoms with Crippen molar-refractivity contribution in [2.45, 2.75) is 75.5 Å². The minimum Gasteiger partial charge on any atom is -0.445 e. The molecule has 3 amide bonds. The summed E-state index contributed by atoms with van der Waals surface area (Å²) in [7, 11) is -4.92. The number of hydrogen-bond donors (Lipinski definition) is 5. The van der Waals surface area contributed by atoms with Crippen molar-refractivity contribution in [3.05, 3.63) is 35.9 Å². The molecule has 1 aliphatic carbocycles. The van der Waals surface area contributed by atoms with E-state index in [-0.39, 0.29) is 24.9 Å². The highest BCUT2D eigenvalue weighted by molar-refractivity contribution is 7.86. The minimum absolute atomic E-state index is 0.00529. The number of alkyl carbamates (subject to hydrolysis) is 1. The van der Waals surface area contributed by atoms with Gasteiger partial charge in [-0.25, -0.2) is 4.79 Å². The third kappa shape index (κ3) is 8.45. The molecule has 1 heterocycles. The average molecular weight is 526 g/mol.